The Bertz CT molecular complexity index is 21.5. The van der Waals surface area contributed by atoms with E-state index in [1.807, 2.05) is 0 Å². The van der Waals surface area contributed by atoms with E-state index in [1.54, 1.807) is 0 Å². The SMILES string of the molecule is C[C-]=O.Cl.Cl.Cl.Cl.[Zr]. The molecule has 1 nitrogen and oxygen atoms in total. The average molecular weight is 280 g/mol. The van der Waals surface area contributed by atoms with Crippen LogP contribution in [-0.4, -0.2) is 6.29 Å². The second kappa shape index (κ2) is 70.4. The van der Waals surface area contributed by atoms with Gasteiger partial charge in [0.15, 0.2) is 0 Å². The molecule has 0 saturated carbocycles. The predicted molar refractivity (Wildman–Crippen MR) is 40.4 cm³/mol. The maximum absolute atomic E-state index is 8.68. The van der Waals surface area contributed by atoms with Gasteiger partial charge in [-0.1, -0.05) is 0 Å². The molecule has 0 aliphatic carbocycles. The third kappa shape index (κ3) is 118. The van der Waals surface area contributed by atoms with Gasteiger partial charge in [-0.25, -0.2) is 0 Å². The average Bonchev–Trinajstić information content (AvgIpc) is 0.918. The largest absolute Gasteiger partial charge is 0.542 e. The Kier molecular flexibility index (Phi) is 471. The smallest absolute Gasteiger partial charge is 0 e. The van der Waals surface area contributed by atoms with Gasteiger partial charge in [-0.15, -0.1) is 49.6 Å². The summed E-state index contributed by atoms with van der Waals surface area (Å²) in [4.78, 5) is 8.68. The molecule has 0 amide bonds. The fourth-order valence-electron chi connectivity index (χ4n) is 0. The van der Waals surface area contributed by atoms with Gasteiger partial charge >= 0.3 is 0 Å². The van der Waals surface area contributed by atoms with Crippen LogP contribution >= 0.6 is 49.6 Å². The maximum atomic E-state index is 8.68. The molecule has 0 saturated heterocycles. The zero-order valence-electron chi connectivity index (χ0n) is 4.04. The molecule has 8 heavy (non-hydrogen) atoms. The van der Waals surface area contributed by atoms with E-state index in [4.69, 9.17) is 4.79 Å². The number of hydrogen-bond donors (Lipinski definition) is 0. The monoisotopic (exact) mass is 277 g/mol. The first kappa shape index (κ1) is 53.5. The summed E-state index contributed by atoms with van der Waals surface area (Å²) >= 11 is 0. The van der Waals surface area contributed by atoms with Crippen LogP contribution in [-0.2, 0) is 31.0 Å². The molecule has 0 aliphatic heterocycles. The minimum atomic E-state index is 0. The van der Waals surface area contributed by atoms with Gasteiger partial charge in [-0.2, -0.15) is 6.92 Å². The van der Waals surface area contributed by atoms with Crippen LogP contribution in [0.1, 0.15) is 6.92 Å². The van der Waals surface area contributed by atoms with Gasteiger partial charge in [0.1, 0.15) is 0 Å². The Morgan fingerprint density at radius 1 is 1.00 bits per heavy atom. The minimum Gasteiger partial charge on any atom is -0.542 e. The van der Waals surface area contributed by atoms with Crippen LogP contribution in [0.25, 0.3) is 0 Å². The Balaban J connectivity index is -0.00000000200. The summed E-state index contributed by atoms with van der Waals surface area (Å²) < 4.78 is 0. The normalized spacial score (nSPS) is 1.62. The van der Waals surface area contributed by atoms with Gasteiger partial charge in [-0.3, -0.25) is 6.29 Å². The molecule has 0 radical (unpaired) electrons. The molecule has 0 aliphatic rings. The number of hydrogen-bond acceptors (Lipinski definition) is 1. The van der Waals surface area contributed by atoms with E-state index in [0.29, 0.717) is 0 Å². The molecule has 0 aromatic carbocycles. The van der Waals surface area contributed by atoms with Crippen LogP contribution in [0.2, 0.25) is 0 Å². The Morgan fingerprint density at radius 2 is 1.00 bits per heavy atom. The molecule has 0 atom stereocenters. The van der Waals surface area contributed by atoms with E-state index in [9.17, 15) is 0 Å². The first-order valence-electron chi connectivity index (χ1n) is 0.704. The van der Waals surface area contributed by atoms with Crippen LogP contribution < -0.4 is 0 Å². The molecule has 0 spiro atoms. The molecule has 54 valence electrons. The van der Waals surface area contributed by atoms with E-state index in [-0.39, 0.29) is 75.8 Å². The van der Waals surface area contributed by atoms with Crippen molar-refractivity contribution < 1.29 is 31.0 Å². The van der Waals surface area contributed by atoms with Gasteiger partial charge in [0.2, 0.25) is 0 Å². The summed E-state index contributed by atoms with van der Waals surface area (Å²) in [6, 6.07) is 0. The molecule has 0 unspecified atom stereocenters. The van der Waals surface area contributed by atoms with Crippen LogP contribution in [0.5, 0.6) is 0 Å². The van der Waals surface area contributed by atoms with Crippen molar-refractivity contribution in [2.75, 3.05) is 0 Å². The van der Waals surface area contributed by atoms with Crippen molar-refractivity contribution in [3.63, 3.8) is 0 Å². The first-order valence-corrected chi connectivity index (χ1v) is 0.704. The molecule has 0 fully saturated rings. The Hall–Kier alpha value is 1.71. The van der Waals surface area contributed by atoms with Gasteiger partial charge in [0.05, 0.1) is 0 Å². The van der Waals surface area contributed by atoms with Crippen LogP contribution in [0, 0.1) is 0 Å². The van der Waals surface area contributed by atoms with Crippen molar-refractivity contribution in [2.24, 2.45) is 0 Å². The summed E-state index contributed by atoms with van der Waals surface area (Å²) in [6.45, 7) is 1.32. The fourth-order valence-corrected chi connectivity index (χ4v) is 0. The molecule has 6 heteroatoms. The fraction of sp³-hybridized carbons (Fsp3) is 0.500. The summed E-state index contributed by atoms with van der Waals surface area (Å²) in [5, 5.41) is 0. The van der Waals surface area contributed by atoms with Crippen molar-refractivity contribution in [3.8, 4) is 0 Å². The summed E-state index contributed by atoms with van der Waals surface area (Å²) in [5.41, 5.74) is 0. The molecule has 0 heterocycles. The van der Waals surface area contributed by atoms with Gasteiger partial charge < -0.3 is 4.79 Å². The summed E-state index contributed by atoms with van der Waals surface area (Å²) in [6.07, 6.45) is 1.50. The minimum absolute atomic E-state index is 0. The zero-order chi connectivity index (χ0) is 2.71. The summed E-state index contributed by atoms with van der Waals surface area (Å²) in [7, 11) is 0. The molecule has 0 N–H and O–H groups in total. The Morgan fingerprint density at radius 3 is 1.00 bits per heavy atom. The van der Waals surface area contributed by atoms with Crippen LogP contribution in [0.4, 0.5) is 0 Å². The Labute approximate surface area is 93.1 Å². The van der Waals surface area contributed by atoms with Crippen molar-refractivity contribution >= 4 is 55.9 Å². The molecular formula is C2H7Cl4OZr-. The summed E-state index contributed by atoms with van der Waals surface area (Å²) in [5.74, 6) is 0. The molecule has 0 aromatic heterocycles. The van der Waals surface area contributed by atoms with Crippen LogP contribution in [0.3, 0.4) is 0 Å². The standard InChI is InChI=1S/C2H3O.4ClH.Zr/c1-2-3;;;;;/h1H3;4*1H;/q-1;;;;;. The number of carbonyl (C=O) groups excluding carboxylic acids is 1. The van der Waals surface area contributed by atoms with Crippen molar-refractivity contribution in [3.05, 3.63) is 0 Å². The quantitative estimate of drug-likeness (QED) is 0.618. The van der Waals surface area contributed by atoms with Crippen molar-refractivity contribution in [1.82, 2.24) is 0 Å². The molecule has 0 rings (SSSR count). The van der Waals surface area contributed by atoms with E-state index in [0.717, 1.165) is 0 Å². The van der Waals surface area contributed by atoms with E-state index >= 15 is 0 Å². The second-order valence-electron chi connectivity index (χ2n) is 0.204. The predicted octanol–water partition coefficient (Wildman–Crippen LogP) is 1.80. The number of halogens is 4. The van der Waals surface area contributed by atoms with Gasteiger partial charge in [0.25, 0.3) is 0 Å². The van der Waals surface area contributed by atoms with E-state index in [2.05, 4.69) is 0 Å². The maximum Gasteiger partial charge on any atom is 0 e. The van der Waals surface area contributed by atoms with Gasteiger partial charge in [0, 0.05) is 26.2 Å². The topological polar surface area (TPSA) is 17.1 Å². The molecule has 0 aromatic rings. The molecule has 0 bridgehead atoms. The van der Waals surface area contributed by atoms with Gasteiger partial charge in [-0.05, 0) is 0 Å². The molecular weight excluding hydrogens is 273 g/mol. The zero-order valence-corrected chi connectivity index (χ0v) is 9.77. The third-order valence-electron chi connectivity index (χ3n) is 0. The second-order valence-corrected chi connectivity index (χ2v) is 0.204. The van der Waals surface area contributed by atoms with E-state index in [1.165, 1.54) is 13.2 Å². The van der Waals surface area contributed by atoms with E-state index < -0.39 is 0 Å². The van der Waals surface area contributed by atoms with Crippen molar-refractivity contribution in [1.29, 1.82) is 0 Å². The third-order valence-corrected chi connectivity index (χ3v) is 0. The van der Waals surface area contributed by atoms with Crippen LogP contribution in [0.15, 0.2) is 0 Å². The number of rotatable bonds is 0. The first-order chi connectivity index (χ1) is 1.41. The van der Waals surface area contributed by atoms with Crippen molar-refractivity contribution in [2.45, 2.75) is 6.92 Å².